The van der Waals surface area contributed by atoms with Gasteiger partial charge in [0.1, 0.15) is 0 Å². The van der Waals surface area contributed by atoms with Crippen molar-refractivity contribution in [2.75, 3.05) is 6.54 Å². The molecule has 0 saturated heterocycles. The SMILES string of the molecule is CC(C)CCC(=O)NNCc1ccc2c(c1)CC[N+](=O)C2CC1CCC1. The molecule has 5 heteroatoms. The molecule has 1 aromatic rings. The molecule has 2 N–H and O–H groups in total. The van der Waals surface area contributed by atoms with Gasteiger partial charge in [-0.3, -0.25) is 10.2 Å². The Morgan fingerprint density at radius 1 is 1.31 bits per heavy atom. The van der Waals surface area contributed by atoms with E-state index in [0.717, 1.165) is 30.7 Å². The predicted molar refractivity (Wildman–Crippen MR) is 102 cm³/mol. The van der Waals surface area contributed by atoms with Gasteiger partial charge in [-0.1, -0.05) is 51.3 Å². The number of hydrogen-bond acceptors (Lipinski definition) is 3. The monoisotopic (exact) mass is 358 g/mol. The summed E-state index contributed by atoms with van der Waals surface area (Å²) in [6.07, 6.45) is 7.14. The molecule has 0 radical (unpaired) electrons. The first-order valence-electron chi connectivity index (χ1n) is 10.1. The molecular formula is C21H32N3O2+. The Labute approximate surface area is 156 Å². The van der Waals surface area contributed by atoms with Gasteiger partial charge >= 0.3 is 0 Å². The smallest absolute Gasteiger partial charge is 0.234 e. The molecule has 1 aromatic carbocycles. The Kier molecular flexibility index (Phi) is 6.41. The molecule has 1 aliphatic carbocycles. The number of hydrogen-bond donors (Lipinski definition) is 2. The van der Waals surface area contributed by atoms with E-state index < -0.39 is 0 Å². The summed E-state index contributed by atoms with van der Waals surface area (Å²) < 4.78 is 1.29. The van der Waals surface area contributed by atoms with Gasteiger partial charge in [0.05, 0.1) is 0 Å². The fraction of sp³-hybridized carbons (Fsp3) is 0.667. The van der Waals surface area contributed by atoms with Gasteiger partial charge in [-0.2, -0.15) is 0 Å². The Morgan fingerprint density at radius 2 is 2.12 bits per heavy atom. The minimum absolute atomic E-state index is 0.0294. The second-order valence-electron chi connectivity index (χ2n) is 8.31. The molecule has 0 aromatic heterocycles. The minimum atomic E-state index is 0.0294. The third-order valence-electron chi connectivity index (χ3n) is 5.77. The van der Waals surface area contributed by atoms with Crippen molar-refractivity contribution >= 4 is 5.91 Å². The molecule has 0 spiro atoms. The highest BCUT2D eigenvalue weighted by molar-refractivity contribution is 5.75. The third-order valence-corrected chi connectivity index (χ3v) is 5.77. The van der Waals surface area contributed by atoms with Gasteiger partial charge < -0.3 is 0 Å². The second kappa shape index (κ2) is 8.76. The van der Waals surface area contributed by atoms with Gasteiger partial charge in [-0.05, 0) is 29.4 Å². The van der Waals surface area contributed by atoms with Gasteiger partial charge in [-0.25, -0.2) is 5.43 Å². The van der Waals surface area contributed by atoms with E-state index >= 15 is 0 Å². The quantitative estimate of drug-likeness (QED) is 0.549. The summed E-state index contributed by atoms with van der Waals surface area (Å²) in [5, 5.41) is 0. The van der Waals surface area contributed by atoms with Gasteiger partial charge in [0.15, 0.2) is 6.54 Å². The molecule has 1 atom stereocenters. The normalized spacial score (nSPS) is 20.0. The maximum Gasteiger partial charge on any atom is 0.234 e. The lowest BCUT2D eigenvalue weighted by Crippen LogP contribution is -2.37. The highest BCUT2D eigenvalue weighted by atomic mass is 16.3. The van der Waals surface area contributed by atoms with Crippen molar-refractivity contribution in [3.8, 4) is 0 Å². The topological polar surface area (TPSA) is 61.2 Å². The molecule has 1 heterocycles. The number of fused-ring (bicyclic) bond motifs is 1. The summed E-state index contributed by atoms with van der Waals surface area (Å²) >= 11 is 0. The molecular weight excluding hydrogens is 326 g/mol. The van der Waals surface area contributed by atoms with Crippen molar-refractivity contribution in [1.29, 1.82) is 0 Å². The van der Waals surface area contributed by atoms with E-state index in [4.69, 9.17) is 0 Å². The molecule has 1 fully saturated rings. The average molecular weight is 359 g/mol. The van der Waals surface area contributed by atoms with Crippen LogP contribution >= 0.6 is 0 Å². The predicted octanol–water partition coefficient (Wildman–Crippen LogP) is 3.81. The van der Waals surface area contributed by atoms with Crippen LogP contribution in [0.25, 0.3) is 0 Å². The third kappa shape index (κ3) is 4.91. The van der Waals surface area contributed by atoms with E-state index in [2.05, 4.69) is 42.9 Å². The van der Waals surface area contributed by atoms with Crippen molar-refractivity contribution in [1.82, 2.24) is 10.9 Å². The van der Waals surface area contributed by atoms with E-state index in [1.165, 1.54) is 35.1 Å². The van der Waals surface area contributed by atoms with Crippen LogP contribution in [0.5, 0.6) is 0 Å². The number of amides is 1. The number of carbonyl (C=O) groups is 1. The van der Waals surface area contributed by atoms with E-state index in [9.17, 15) is 9.70 Å². The first-order valence-corrected chi connectivity index (χ1v) is 10.1. The Bertz CT molecular complexity index is 653. The van der Waals surface area contributed by atoms with E-state index in [0.29, 0.717) is 25.4 Å². The zero-order chi connectivity index (χ0) is 18.5. The number of rotatable bonds is 8. The highest BCUT2D eigenvalue weighted by Crippen LogP contribution is 2.38. The second-order valence-corrected chi connectivity index (χ2v) is 8.31. The van der Waals surface area contributed by atoms with Crippen molar-refractivity contribution in [2.45, 2.75) is 71.4 Å². The molecule has 1 unspecified atom stereocenters. The lowest BCUT2D eigenvalue weighted by Gasteiger charge is -2.28. The zero-order valence-electron chi connectivity index (χ0n) is 16.1. The number of hydrazine groups is 1. The summed E-state index contributed by atoms with van der Waals surface area (Å²) in [4.78, 5) is 24.1. The van der Waals surface area contributed by atoms with Crippen LogP contribution in [0.15, 0.2) is 18.2 Å². The lowest BCUT2D eigenvalue weighted by atomic mass is 9.78. The Morgan fingerprint density at radius 3 is 2.81 bits per heavy atom. The number of nitroso groups, excluding NO2 is 1. The summed E-state index contributed by atoms with van der Waals surface area (Å²) in [5.41, 5.74) is 9.46. The van der Waals surface area contributed by atoms with Crippen molar-refractivity contribution in [2.24, 2.45) is 11.8 Å². The summed E-state index contributed by atoms with van der Waals surface area (Å²) in [6, 6.07) is 6.43. The zero-order valence-corrected chi connectivity index (χ0v) is 16.1. The molecule has 26 heavy (non-hydrogen) atoms. The van der Waals surface area contributed by atoms with Crippen LogP contribution in [0.1, 0.15) is 75.1 Å². The van der Waals surface area contributed by atoms with Crippen LogP contribution in [0, 0.1) is 16.7 Å². The van der Waals surface area contributed by atoms with Crippen molar-refractivity contribution < 1.29 is 9.55 Å². The number of nitrogens with zero attached hydrogens (tertiary/aromatic N) is 1. The number of benzene rings is 1. The fourth-order valence-corrected chi connectivity index (χ4v) is 3.87. The first-order chi connectivity index (χ1) is 12.5. The van der Waals surface area contributed by atoms with Crippen LogP contribution in [-0.2, 0) is 17.8 Å². The van der Waals surface area contributed by atoms with Crippen molar-refractivity contribution in [3.63, 3.8) is 0 Å². The Hall–Kier alpha value is -1.75. The lowest BCUT2D eigenvalue weighted by molar-refractivity contribution is -0.598. The summed E-state index contributed by atoms with van der Waals surface area (Å²) in [7, 11) is 0. The van der Waals surface area contributed by atoms with Gasteiger partial charge in [0, 0.05) is 41.0 Å². The largest absolute Gasteiger partial charge is 0.291 e. The molecule has 2 aliphatic rings. The maximum atomic E-state index is 12.3. The van der Waals surface area contributed by atoms with Gasteiger partial charge in [0.2, 0.25) is 11.9 Å². The molecule has 142 valence electrons. The number of carbonyl (C=O) groups excluding carboxylic acids is 1. The minimum Gasteiger partial charge on any atom is -0.291 e. The summed E-state index contributed by atoms with van der Waals surface area (Å²) in [5.74, 6) is 1.30. The average Bonchev–Trinajstić information content (AvgIpc) is 2.57. The summed E-state index contributed by atoms with van der Waals surface area (Å²) in [6.45, 7) is 5.44. The van der Waals surface area contributed by atoms with Crippen LogP contribution in [0.4, 0.5) is 0 Å². The van der Waals surface area contributed by atoms with E-state index in [-0.39, 0.29) is 11.9 Å². The van der Waals surface area contributed by atoms with Crippen LogP contribution < -0.4 is 10.9 Å². The molecule has 1 aliphatic heterocycles. The highest BCUT2D eigenvalue weighted by Gasteiger charge is 2.37. The van der Waals surface area contributed by atoms with Crippen LogP contribution in [-0.4, -0.2) is 17.2 Å². The molecule has 5 nitrogen and oxygen atoms in total. The van der Waals surface area contributed by atoms with Gasteiger partial charge in [-0.15, -0.1) is 0 Å². The molecule has 0 bridgehead atoms. The maximum absolute atomic E-state index is 12.3. The fourth-order valence-electron chi connectivity index (χ4n) is 3.87. The number of nitrogens with one attached hydrogen (secondary N) is 2. The molecule has 1 amide bonds. The molecule has 1 saturated carbocycles. The van der Waals surface area contributed by atoms with E-state index in [1.54, 1.807) is 0 Å². The molecule has 3 rings (SSSR count). The van der Waals surface area contributed by atoms with Crippen molar-refractivity contribution in [3.05, 3.63) is 39.8 Å². The van der Waals surface area contributed by atoms with Crippen LogP contribution in [0.3, 0.4) is 0 Å². The standard InChI is InChI=1S/C21H31N3O2/c1-15(2)6-9-21(25)23-22-14-17-7-8-19-18(12-17)10-11-24(26)20(19)13-16-4-3-5-16/h7-8,12,15-16,20,22H,3-6,9-11,13-14H2,1-2H3/p+1. The first kappa shape index (κ1) is 19.0. The Balaban J connectivity index is 1.54. The van der Waals surface area contributed by atoms with Crippen LogP contribution in [0.2, 0.25) is 0 Å². The van der Waals surface area contributed by atoms with E-state index in [1.807, 2.05) is 0 Å². The van der Waals surface area contributed by atoms with Gasteiger partial charge in [0.25, 0.3) is 0 Å².